The highest BCUT2D eigenvalue weighted by molar-refractivity contribution is 7.84. The predicted molar refractivity (Wildman–Crippen MR) is 128 cm³/mol. The van der Waals surface area contributed by atoms with Gasteiger partial charge in [0, 0.05) is 23.3 Å². The van der Waals surface area contributed by atoms with Crippen LogP contribution in [0.15, 0.2) is 43.0 Å². The fraction of sp³-hybridized carbons (Fsp3) is 0.391. The second kappa shape index (κ2) is 11.1. The van der Waals surface area contributed by atoms with Crippen LogP contribution in [-0.4, -0.2) is 51.8 Å². The molecule has 0 aliphatic heterocycles. The quantitative estimate of drug-likeness (QED) is 0.371. The van der Waals surface area contributed by atoms with Crippen molar-refractivity contribution < 1.29 is 35.7 Å². The lowest BCUT2D eigenvalue weighted by atomic mass is 9.96. The van der Waals surface area contributed by atoms with Crippen LogP contribution in [0.3, 0.4) is 0 Å². The molecule has 4 rings (SSSR count). The minimum atomic E-state index is -4.53. The first-order chi connectivity index (χ1) is 17.8. The van der Waals surface area contributed by atoms with Gasteiger partial charge < -0.3 is 5.11 Å². The molecule has 15 heteroatoms. The molecule has 1 aliphatic carbocycles. The van der Waals surface area contributed by atoms with Crippen LogP contribution in [0.25, 0.3) is 0 Å². The number of aromatic nitrogens is 4. The van der Waals surface area contributed by atoms with E-state index in [1.54, 1.807) is 0 Å². The van der Waals surface area contributed by atoms with E-state index in [-0.39, 0.29) is 40.9 Å². The second-order valence-electron chi connectivity index (χ2n) is 9.06. The van der Waals surface area contributed by atoms with Crippen LogP contribution in [0.1, 0.15) is 45.7 Å². The van der Waals surface area contributed by atoms with E-state index >= 15 is 0 Å². The Morgan fingerprint density at radius 1 is 1.26 bits per heavy atom. The van der Waals surface area contributed by atoms with E-state index < -0.39 is 39.8 Å². The van der Waals surface area contributed by atoms with E-state index in [4.69, 9.17) is 16.7 Å². The maximum absolute atomic E-state index is 13.2. The maximum Gasteiger partial charge on any atom is 0.416 e. The fourth-order valence-corrected chi connectivity index (χ4v) is 5.02. The predicted octanol–water partition coefficient (Wildman–Crippen LogP) is 2.77. The molecule has 0 bridgehead atoms. The lowest BCUT2D eigenvalue weighted by Crippen LogP contribution is -2.24. The molecule has 1 saturated carbocycles. The molecule has 204 valence electrons. The largest absolute Gasteiger partial charge is 0.416 e. The first-order valence-electron chi connectivity index (χ1n) is 11.4. The zero-order valence-corrected chi connectivity index (χ0v) is 21.2. The minimum Gasteiger partial charge on any atom is -0.393 e. The van der Waals surface area contributed by atoms with Gasteiger partial charge in [0.2, 0.25) is 5.78 Å². The fourth-order valence-electron chi connectivity index (χ4n) is 4.48. The Kier molecular flexibility index (Phi) is 8.18. The van der Waals surface area contributed by atoms with Gasteiger partial charge in [-0.3, -0.25) is 13.7 Å². The summed E-state index contributed by atoms with van der Waals surface area (Å²) < 4.78 is 67.3. The van der Waals surface area contributed by atoms with Crippen LogP contribution >= 0.6 is 11.6 Å². The monoisotopic (exact) mass is 573 g/mol. The molecule has 38 heavy (non-hydrogen) atoms. The Labute approximate surface area is 220 Å². The standard InChI is InChI=1S/C23H23ClF3N5O5S/c24-18-2-1-16(23(25,26)27)8-14(18)10-32-4-3-19(31-32)22(34)17-9-29-12-30-20(17)6-13-5-15(21(33)7-13)11-37-38(28,35)36/h1-4,8-9,12-13,15,21,33H,5-7,10-11H2,(H2,28,35,36)/t13-,15+,21-/m0/s1. The van der Waals surface area contributed by atoms with Crippen LogP contribution < -0.4 is 5.14 Å². The van der Waals surface area contributed by atoms with Crippen LogP contribution in [0, 0.1) is 11.8 Å². The van der Waals surface area contributed by atoms with E-state index in [0.717, 1.165) is 18.2 Å². The molecular weight excluding hydrogens is 551 g/mol. The maximum atomic E-state index is 13.2. The van der Waals surface area contributed by atoms with Crippen molar-refractivity contribution in [3.05, 3.63) is 76.1 Å². The van der Waals surface area contributed by atoms with Crippen LogP contribution in [-0.2, 0) is 33.6 Å². The number of halogens is 4. The number of nitrogens with two attached hydrogens (primary N) is 1. The molecule has 3 atom stereocenters. The Balaban J connectivity index is 1.47. The van der Waals surface area contributed by atoms with Gasteiger partial charge >= 0.3 is 16.5 Å². The molecule has 1 fully saturated rings. The zero-order chi connectivity index (χ0) is 27.7. The third-order valence-corrected chi connectivity index (χ3v) is 7.13. The van der Waals surface area contributed by atoms with Gasteiger partial charge in [-0.25, -0.2) is 15.1 Å². The molecule has 3 aromatic rings. The van der Waals surface area contributed by atoms with E-state index in [1.165, 1.54) is 29.5 Å². The van der Waals surface area contributed by atoms with Crippen molar-refractivity contribution in [3.63, 3.8) is 0 Å². The Morgan fingerprint density at radius 2 is 2.03 bits per heavy atom. The molecule has 2 aromatic heterocycles. The zero-order valence-electron chi connectivity index (χ0n) is 19.7. The van der Waals surface area contributed by atoms with Gasteiger partial charge in [0.15, 0.2) is 0 Å². The molecule has 0 saturated heterocycles. The lowest BCUT2D eigenvalue weighted by molar-refractivity contribution is -0.137. The molecule has 0 amide bonds. The summed E-state index contributed by atoms with van der Waals surface area (Å²) in [5.74, 6) is -1.04. The van der Waals surface area contributed by atoms with Crippen LogP contribution in [0.2, 0.25) is 5.02 Å². The highest BCUT2D eigenvalue weighted by atomic mass is 35.5. The van der Waals surface area contributed by atoms with Crippen molar-refractivity contribution in [2.24, 2.45) is 17.0 Å². The summed E-state index contributed by atoms with van der Waals surface area (Å²) in [6.45, 7) is -0.338. The summed E-state index contributed by atoms with van der Waals surface area (Å²) in [4.78, 5) is 21.4. The number of aliphatic hydroxyl groups is 1. The van der Waals surface area contributed by atoms with Crippen LogP contribution in [0.5, 0.6) is 0 Å². The number of ketones is 1. The molecule has 0 spiro atoms. The number of aliphatic hydroxyl groups excluding tert-OH is 1. The molecule has 1 aromatic carbocycles. The normalized spacial score (nSPS) is 20.1. The second-order valence-corrected chi connectivity index (χ2v) is 10.7. The average Bonchev–Trinajstić information content (AvgIpc) is 3.44. The number of carbonyl (C=O) groups is 1. The average molecular weight is 574 g/mol. The number of carbonyl (C=O) groups excluding carboxylic acids is 1. The van der Waals surface area contributed by atoms with Gasteiger partial charge in [0.1, 0.15) is 12.0 Å². The van der Waals surface area contributed by atoms with Crippen molar-refractivity contribution >= 4 is 27.7 Å². The Hall–Kier alpha value is -2.91. The highest BCUT2D eigenvalue weighted by Crippen LogP contribution is 2.35. The summed E-state index contributed by atoms with van der Waals surface area (Å²) in [5.41, 5.74) is -0.00991. The first-order valence-corrected chi connectivity index (χ1v) is 13.2. The topological polar surface area (TPSA) is 150 Å². The summed E-state index contributed by atoms with van der Waals surface area (Å²) in [5, 5.41) is 19.5. The Morgan fingerprint density at radius 3 is 2.74 bits per heavy atom. The summed E-state index contributed by atoms with van der Waals surface area (Å²) in [6, 6.07) is 4.42. The van der Waals surface area contributed by atoms with E-state index in [0.29, 0.717) is 25.0 Å². The highest BCUT2D eigenvalue weighted by Gasteiger charge is 2.35. The smallest absolute Gasteiger partial charge is 0.393 e. The molecule has 10 nitrogen and oxygen atoms in total. The van der Waals surface area contributed by atoms with Crippen molar-refractivity contribution in [2.45, 2.75) is 38.1 Å². The number of nitrogens with zero attached hydrogens (tertiary/aromatic N) is 4. The van der Waals surface area contributed by atoms with E-state index in [1.807, 2.05) is 0 Å². The number of alkyl halides is 3. The van der Waals surface area contributed by atoms with Gasteiger partial charge in [0.25, 0.3) is 0 Å². The van der Waals surface area contributed by atoms with Crippen molar-refractivity contribution in [1.82, 2.24) is 19.7 Å². The summed E-state index contributed by atoms with van der Waals surface area (Å²) in [7, 11) is -4.13. The van der Waals surface area contributed by atoms with Crippen molar-refractivity contribution in [1.29, 1.82) is 0 Å². The molecular formula is C23H23ClF3N5O5S. The van der Waals surface area contributed by atoms with Gasteiger partial charge in [-0.15, -0.1) is 0 Å². The number of hydrogen-bond donors (Lipinski definition) is 2. The number of hydrogen-bond acceptors (Lipinski definition) is 8. The third-order valence-electron chi connectivity index (χ3n) is 6.30. The number of benzene rings is 1. The molecule has 2 heterocycles. The summed E-state index contributed by atoms with van der Waals surface area (Å²) in [6.07, 6.45) is -0.152. The van der Waals surface area contributed by atoms with Crippen molar-refractivity contribution in [3.8, 4) is 0 Å². The first kappa shape index (κ1) is 28.1. The van der Waals surface area contributed by atoms with Gasteiger partial charge in [0.05, 0.1) is 36.1 Å². The van der Waals surface area contributed by atoms with Gasteiger partial charge in [-0.05, 0) is 55.0 Å². The molecule has 0 radical (unpaired) electrons. The SMILES string of the molecule is NS(=O)(=O)OC[C@H]1C[C@@H](Cc2ncncc2C(=O)c2ccn(Cc3cc(C(F)(F)F)ccc3Cl)n2)C[C@@H]1O. The van der Waals surface area contributed by atoms with Gasteiger partial charge in [-0.2, -0.15) is 26.7 Å². The van der Waals surface area contributed by atoms with E-state index in [9.17, 15) is 31.5 Å². The molecule has 0 unspecified atom stereocenters. The van der Waals surface area contributed by atoms with Gasteiger partial charge in [-0.1, -0.05) is 11.6 Å². The van der Waals surface area contributed by atoms with E-state index in [2.05, 4.69) is 19.2 Å². The Bertz CT molecular complexity index is 1430. The lowest BCUT2D eigenvalue weighted by Gasteiger charge is -2.13. The number of rotatable bonds is 9. The molecule has 3 N–H and O–H groups in total. The van der Waals surface area contributed by atoms with Crippen molar-refractivity contribution in [2.75, 3.05) is 6.61 Å². The minimum absolute atomic E-state index is 0.0371. The summed E-state index contributed by atoms with van der Waals surface area (Å²) >= 11 is 6.07. The van der Waals surface area contributed by atoms with Crippen LogP contribution in [0.4, 0.5) is 13.2 Å². The molecule has 1 aliphatic rings. The third kappa shape index (κ3) is 6.94.